The SMILES string of the molecule is CCCCOCCCNC(=NCc1ccc(OCCOC)cc1)NCC. The van der Waals surface area contributed by atoms with Crippen LogP contribution in [0.2, 0.25) is 0 Å². The maximum Gasteiger partial charge on any atom is 0.191 e. The Labute approximate surface area is 158 Å². The van der Waals surface area contributed by atoms with E-state index in [1.54, 1.807) is 7.11 Å². The zero-order chi connectivity index (χ0) is 18.9. The second-order valence-corrected chi connectivity index (χ2v) is 5.93. The Morgan fingerprint density at radius 1 is 0.962 bits per heavy atom. The summed E-state index contributed by atoms with van der Waals surface area (Å²) in [4.78, 5) is 4.63. The molecule has 2 N–H and O–H groups in total. The van der Waals surface area contributed by atoms with Crippen LogP contribution in [0.15, 0.2) is 29.3 Å². The van der Waals surface area contributed by atoms with Crippen LogP contribution >= 0.6 is 0 Å². The van der Waals surface area contributed by atoms with E-state index in [1.165, 1.54) is 6.42 Å². The van der Waals surface area contributed by atoms with Gasteiger partial charge < -0.3 is 24.8 Å². The second-order valence-electron chi connectivity index (χ2n) is 5.93. The van der Waals surface area contributed by atoms with Crippen molar-refractivity contribution in [3.05, 3.63) is 29.8 Å². The van der Waals surface area contributed by atoms with Crippen LogP contribution in [0, 0.1) is 0 Å². The predicted molar refractivity (Wildman–Crippen MR) is 107 cm³/mol. The van der Waals surface area contributed by atoms with Crippen molar-refractivity contribution in [1.82, 2.24) is 10.6 Å². The van der Waals surface area contributed by atoms with Crippen molar-refractivity contribution in [2.24, 2.45) is 4.99 Å². The predicted octanol–water partition coefficient (Wildman–Crippen LogP) is 2.97. The van der Waals surface area contributed by atoms with Gasteiger partial charge in [-0.05, 0) is 37.5 Å². The van der Waals surface area contributed by atoms with Gasteiger partial charge in [-0.2, -0.15) is 0 Å². The van der Waals surface area contributed by atoms with Gasteiger partial charge in [-0.25, -0.2) is 4.99 Å². The van der Waals surface area contributed by atoms with E-state index in [0.717, 1.165) is 56.4 Å². The van der Waals surface area contributed by atoms with Crippen molar-refractivity contribution >= 4 is 5.96 Å². The zero-order valence-electron chi connectivity index (χ0n) is 16.6. The number of ether oxygens (including phenoxy) is 3. The fourth-order valence-corrected chi connectivity index (χ4v) is 2.18. The third-order valence-electron chi connectivity index (χ3n) is 3.64. The average Bonchev–Trinajstić information content (AvgIpc) is 2.66. The lowest BCUT2D eigenvalue weighted by molar-refractivity contribution is 0.129. The van der Waals surface area contributed by atoms with E-state index in [4.69, 9.17) is 14.2 Å². The number of hydrogen-bond donors (Lipinski definition) is 2. The number of hydrogen-bond acceptors (Lipinski definition) is 4. The van der Waals surface area contributed by atoms with Crippen LogP contribution in [0.4, 0.5) is 0 Å². The molecule has 0 unspecified atom stereocenters. The molecule has 0 spiro atoms. The van der Waals surface area contributed by atoms with E-state index >= 15 is 0 Å². The number of rotatable bonds is 14. The van der Waals surface area contributed by atoms with E-state index in [0.29, 0.717) is 19.8 Å². The van der Waals surface area contributed by atoms with Crippen LogP contribution in [0.3, 0.4) is 0 Å². The van der Waals surface area contributed by atoms with Crippen molar-refractivity contribution in [3.8, 4) is 5.75 Å². The van der Waals surface area contributed by atoms with Gasteiger partial charge in [-0.15, -0.1) is 0 Å². The molecule has 0 aliphatic heterocycles. The van der Waals surface area contributed by atoms with Crippen molar-refractivity contribution in [2.75, 3.05) is 46.6 Å². The fourth-order valence-electron chi connectivity index (χ4n) is 2.18. The van der Waals surface area contributed by atoms with Gasteiger partial charge in [0.1, 0.15) is 12.4 Å². The Hall–Kier alpha value is -1.79. The number of guanidine groups is 1. The maximum absolute atomic E-state index is 5.57. The smallest absolute Gasteiger partial charge is 0.191 e. The lowest BCUT2D eigenvalue weighted by Crippen LogP contribution is -2.38. The van der Waals surface area contributed by atoms with Gasteiger partial charge in [0.25, 0.3) is 0 Å². The van der Waals surface area contributed by atoms with Crippen molar-refractivity contribution in [1.29, 1.82) is 0 Å². The highest BCUT2D eigenvalue weighted by atomic mass is 16.5. The summed E-state index contributed by atoms with van der Waals surface area (Å²) in [6.07, 6.45) is 3.28. The van der Waals surface area contributed by atoms with Crippen LogP contribution in [0.1, 0.15) is 38.7 Å². The first-order valence-electron chi connectivity index (χ1n) is 9.60. The molecule has 6 heteroatoms. The number of nitrogens with one attached hydrogen (secondary N) is 2. The molecular formula is C20H35N3O3. The molecule has 0 amide bonds. The van der Waals surface area contributed by atoms with Gasteiger partial charge in [0.2, 0.25) is 0 Å². The number of benzene rings is 1. The van der Waals surface area contributed by atoms with Gasteiger partial charge in [0, 0.05) is 33.4 Å². The molecule has 0 atom stereocenters. The summed E-state index contributed by atoms with van der Waals surface area (Å²) in [5.74, 6) is 1.68. The topological polar surface area (TPSA) is 64.1 Å². The Morgan fingerprint density at radius 2 is 1.73 bits per heavy atom. The minimum Gasteiger partial charge on any atom is -0.491 e. The largest absolute Gasteiger partial charge is 0.491 e. The molecule has 1 aromatic rings. The summed E-state index contributed by atoms with van der Waals surface area (Å²) in [5, 5.41) is 6.62. The van der Waals surface area contributed by atoms with Crippen molar-refractivity contribution in [3.63, 3.8) is 0 Å². The molecule has 0 fully saturated rings. The molecule has 148 valence electrons. The molecule has 0 aliphatic carbocycles. The number of nitrogens with zero attached hydrogens (tertiary/aromatic N) is 1. The van der Waals surface area contributed by atoms with E-state index in [1.807, 2.05) is 24.3 Å². The Morgan fingerprint density at radius 3 is 2.42 bits per heavy atom. The molecule has 0 aliphatic rings. The van der Waals surface area contributed by atoms with Crippen LogP contribution in [-0.4, -0.2) is 52.6 Å². The molecule has 1 aromatic carbocycles. The average molecular weight is 366 g/mol. The molecule has 6 nitrogen and oxygen atoms in total. The van der Waals surface area contributed by atoms with E-state index in [-0.39, 0.29) is 0 Å². The van der Waals surface area contributed by atoms with Crippen LogP contribution in [0.25, 0.3) is 0 Å². The number of methoxy groups -OCH3 is 1. The first-order chi connectivity index (χ1) is 12.8. The zero-order valence-corrected chi connectivity index (χ0v) is 16.6. The van der Waals surface area contributed by atoms with E-state index in [9.17, 15) is 0 Å². The van der Waals surface area contributed by atoms with Crippen LogP contribution in [-0.2, 0) is 16.0 Å². The Balaban J connectivity index is 2.33. The highest BCUT2D eigenvalue weighted by Crippen LogP contribution is 2.12. The van der Waals surface area contributed by atoms with Gasteiger partial charge >= 0.3 is 0 Å². The number of aliphatic imine (C=N–C) groups is 1. The third kappa shape index (κ3) is 10.9. The third-order valence-corrected chi connectivity index (χ3v) is 3.64. The normalized spacial score (nSPS) is 11.4. The van der Waals surface area contributed by atoms with Crippen LogP contribution in [0.5, 0.6) is 5.75 Å². The molecule has 0 saturated heterocycles. The minimum absolute atomic E-state index is 0.560. The lowest BCUT2D eigenvalue weighted by atomic mass is 10.2. The molecular weight excluding hydrogens is 330 g/mol. The van der Waals surface area contributed by atoms with Crippen molar-refractivity contribution < 1.29 is 14.2 Å². The summed E-state index contributed by atoms with van der Waals surface area (Å²) >= 11 is 0. The first-order valence-corrected chi connectivity index (χ1v) is 9.60. The summed E-state index contributed by atoms with van der Waals surface area (Å²) in [5.41, 5.74) is 1.14. The molecule has 0 radical (unpaired) electrons. The minimum atomic E-state index is 0.560. The van der Waals surface area contributed by atoms with Gasteiger partial charge in [-0.1, -0.05) is 25.5 Å². The van der Waals surface area contributed by atoms with Gasteiger partial charge in [0.15, 0.2) is 5.96 Å². The number of unbranched alkanes of at least 4 members (excludes halogenated alkanes) is 1. The maximum atomic E-state index is 5.57. The van der Waals surface area contributed by atoms with Crippen LogP contribution < -0.4 is 15.4 Å². The summed E-state index contributed by atoms with van der Waals surface area (Å²) < 4.78 is 16.1. The Kier molecular flexibility index (Phi) is 13.2. The molecule has 0 bridgehead atoms. The molecule has 0 aromatic heterocycles. The van der Waals surface area contributed by atoms with E-state index < -0.39 is 0 Å². The Bertz CT molecular complexity index is 478. The second kappa shape index (κ2) is 15.5. The van der Waals surface area contributed by atoms with Gasteiger partial charge in [-0.3, -0.25) is 0 Å². The van der Waals surface area contributed by atoms with E-state index in [2.05, 4.69) is 29.5 Å². The molecule has 0 heterocycles. The summed E-state index contributed by atoms with van der Waals surface area (Å²) in [6, 6.07) is 8.01. The summed E-state index contributed by atoms with van der Waals surface area (Å²) in [7, 11) is 1.67. The fraction of sp³-hybridized carbons (Fsp3) is 0.650. The first kappa shape index (κ1) is 22.3. The molecule has 1 rings (SSSR count). The molecule has 0 saturated carbocycles. The quantitative estimate of drug-likeness (QED) is 0.301. The lowest BCUT2D eigenvalue weighted by Gasteiger charge is -2.11. The van der Waals surface area contributed by atoms with Gasteiger partial charge in [0.05, 0.1) is 13.2 Å². The standard InChI is InChI=1S/C20H35N3O3/c1-4-6-13-25-14-7-12-22-20(21-5-2)23-17-18-8-10-19(11-9-18)26-16-15-24-3/h8-11H,4-7,12-17H2,1-3H3,(H2,21,22,23). The monoisotopic (exact) mass is 365 g/mol. The van der Waals surface area contributed by atoms with Crippen molar-refractivity contribution in [2.45, 2.75) is 39.7 Å². The highest BCUT2D eigenvalue weighted by molar-refractivity contribution is 5.79. The molecule has 26 heavy (non-hydrogen) atoms. The highest BCUT2D eigenvalue weighted by Gasteiger charge is 1.99. The summed E-state index contributed by atoms with van der Waals surface area (Å²) in [6.45, 7) is 9.35.